The number of carbonyl (C=O) groups excluding carboxylic acids is 1. The van der Waals surface area contributed by atoms with Crippen molar-refractivity contribution in [1.82, 2.24) is 5.32 Å². The fourth-order valence-electron chi connectivity index (χ4n) is 1.84. The summed E-state index contributed by atoms with van der Waals surface area (Å²) in [5.41, 5.74) is 1.23. The van der Waals surface area contributed by atoms with Gasteiger partial charge in [0.2, 0.25) is 0 Å². The minimum atomic E-state index is -0.757. The fraction of sp³-hybridized carbons (Fsp3) is 0.214. The van der Waals surface area contributed by atoms with Crippen molar-refractivity contribution in [3.63, 3.8) is 0 Å². The standard InChI is InChI=1S/C14H14N2O4S/c1-9-6-7-21-13(9)12(17)8-15-14(18)10-2-4-11(5-3-10)16(19)20/h2-7,12,17H,8H2,1H3,(H,15,18). The van der Waals surface area contributed by atoms with Gasteiger partial charge in [-0.05, 0) is 36.1 Å². The average molecular weight is 306 g/mol. The molecule has 7 heteroatoms. The first-order valence-corrected chi connectivity index (χ1v) is 7.11. The van der Waals surface area contributed by atoms with Gasteiger partial charge < -0.3 is 10.4 Å². The van der Waals surface area contributed by atoms with Crippen molar-refractivity contribution >= 4 is 22.9 Å². The number of nitrogens with one attached hydrogen (secondary N) is 1. The number of non-ortho nitro benzene ring substituents is 1. The van der Waals surface area contributed by atoms with Crippen LogP contribution in [-0.4, -0.2) is 22.5 Å². The third kappa shape index (κ3) is 3.65. The molecular formula is C14H14N2O4S. The Bertz CT molecular complexity index is 651. The Morgan fingerprint density at radius 3 is 2.57 bits per heavy atom. The van der Waals surface area contributed by atoms with Crippen LogP contribution >= 0.6 is 11.3 Å². The summed E-state index contributed by atoms with van der Waals surface area (Å²) in [4.78, 5) is 22.7. The Hall–Kier alpha value is -2.25. The molecule has 1 heterocycles. The SMILES string of the molecule is Cc1ccsc1C(O)CNC(=O)c1ccc([N+](=O)[O-])cc1. The highest BCUT2D eigenvalue weighted by molar-refractivity contribution is 7.10. The van der Waals surface area contributed by atoms with E-state index >= 15 is 0 Å². The molecule has 2 rings (SSSR count). The van der Waals surface area contributed by atoms with Gasteiger partial charge in [0.05, 0.1) is 4.92 Å². The highest BCUT2D eigenvalue weighted by Crippen LogP contribution is 2.23. The van der Waals surface area contributed by atoms with Gasteiger partial charge in [-0.25, -0.2) is 0 Å². The van der Waals surface area contributed by atoms with Crippen molar-refractivity contribution in [3.05, 3.63) is 61.8 Å². The largest absolute Gasteiger partial charge is 0.386 e. The van der Waals surface area contributed by atoms with E-state index in [9.17, 15) is 20.0 Å². The topological polar surface area (TPSA) is 92.5 Å². The van der Waals surface area contributed by atoms with Gasteiger partial charge in [-0.2, -0.15) is 0 Å². The van der Waals surface area contributed by atoms with Crippen molar-refractivity contribution in [2.75, 3.05) is 6.54 Å². The lowest BCUT2D eigenvalue weighted by Crippen LogP contribution is -2.28. The van der Waals surface area contributed by atoms with Crippen LogP contribution in [0.3, 0.4) is 0 Å². The number of hydrogen-bond donors (Lipinski definition) is 2. The van der Waals surface area contributed by atoms with E-state index in [1.807, 2.05) is 18.4 Å². The lowest BCUT2D eigenvalue weighted by molar-refractivity contribution is -0.384. The van der Waals surface area contributed by atoms with Gasteiger partial charge in [-0.3, -0.25) is 14.9 Å². The normalized spacial score (nSPS) is 11.9. The molecule has 0 aliphatic carbocycles. The van der Waals surface area contributed by atoms with Crippen LogP contribution in [0.25, 0.3) is 0 Å². The molecule has 0 spiro atoms. The summed E-state index contributed by atoms with van der Waals surface area (Å²) in [6.45, 7) is 1.99. The van der Waals surface area contributed by atoms with Gasteiger partial charge in [0, 0.05) is 29.1 Å². The number of thiophene rings is 1. The number of aryl methyl sites for hydroxylation is 1. The molecule has 110 valence electrons. The molecule has 1 aromatic carbocycles. The van der Waals surface area contributed by atoms with Gasteiger partial charge in [0.1, 0.15) is 6.10 Å². The number of carbonyl (C=O) groups is 1. The van der Waals surface area contributed by atoms with Gasteiger partial charge in [-0.15, -0.1) is 11.3 Å². The molecule has 0 fully saturated rings. The second kappa shape index (κ2) is 6.47. The second-order valence-corrected chi connectivity index (χ2v) is 5.45. The van der Waals surface area contributed by atoms with Crippen LogP contribution in [0.15, 0.2) is 35.7 Å². The number of aliphatic hydroxyl groups excluding tert-OH is 1. The van der Waals surface area contributed by atoms with Crippen molar-refractivity contribution < 1.29 is 14.8 Å². The van der Waals surface area contributed by atoms with E-state index < -0.39 is 11.0 Å². The molecule has 1 aromatic heterocycles. The Morgan fingerprint density at radius 1 is 1.38 bits per heavy atom. The monoisotopic (exact) mass is 306 g/mol. The maximum atomic E-state index is 11.9. The van der Waals surface area contributed by atoms with E-state index in [1.165, 1.54) is 35.6 Å². The zero-order valence-electron chi connectivity index (χ0n) is 11.3. The number of amides is 1. The van der Waals surface area contributed by atoms with Gasteiger partial charge in [0.25, 0.3) is 11.6 Å². The summed E-state index contributed by atoms with van der Waals surface area (Å²) in [6, 6.07) is 7.22. The molecule has 2 aromatic rings. The zero-order valence-corrected chi connectivity index (χ0v) is 12.1. The average Bonchev–Trinajstić information content (AvgIpc) is 2.90. The van der Waals surface area contributed by atoms with E-state index in [-0.39, 0.29) is 18.1 Å². The van der Waals surface area contributed by atoms with E-state index in [0.29, 0.717) is 5.56 Å². The summed E-state index contributed by atoms with van der Waals surface area (Å²) < 4.78 is 0. The number of hydrogen-bond acceptors (Lipinski definition) is 5. The quantitative estimate of drug-likeness (QED) is 0.655. The maximum Gasteiger partial charge on any atom is 0.269 e. The number of nitro benzene ring substituents is 1. The summed E-state index contributed by atoms with van der Waals surface area (Å²) in [7, 11) is 0. The summed E-state index contributed by atoms with van der Waals surface area (Å²) in [5, 5.41) is 25.0. The zero-order chi connectivity index (χ0) is 15.4. The smallest absolute Gasteiger partial charge is 0.269 e. The predicted octanol–water partition coefficient (Wildman–Crippen LogP) is 2.43. The van der Waals surface area contributed by atoms with E-state index in [2.05, 4.69) is 5.32 Å². The second-order valence-electron chi connectivity index (χ2n) is 4.50. The molecule has 0 saturated heterocycles. The fourth-order valence-corrected chi connectivity index (χ4v) is 2.76. The Kier molecular flexibility index (Phi) is 4.66. The van der Waals surface area contributed by atoms with Crippen LogP contribution < -0.4 is 5.32 Å². The molecule has 0 aliphatic heterocycles. The number of nitro groups is 1. The highest BCUT2D eigenvalue weighted by Gasteiger charge is 2.14. The van der Waals surface area contributed by atoms with Crippen molar-refractivity contribution in [2.45, 2.75) is 13.0 Å². The van der Waals surface area contributed by atoms with Gasteiger partial charge in [-0.1, -0.05) is 0 Å². The Balaban J connectivity index is 1.95. The van der Waals surface area contributed by atoms with Crippen LogP contribution in [-0.2, 0) is 0 Å². The third-order valence-electron chi connectivity index (χ3n) is 3.00. The summed E-state index contributed by atoms with van der Waals surface area (Å²) in [5.74, 6) is -0.377. The lowest BCUT2D eigenvalue weighted by atomic mass is 10.1. The molecule has 1 amide bonds. The molecule has 21 heavy (non-hydrogen) atoms. The van der Waals surface area contributed by atoms with E-state index in [4.69, 9.17) is 0 Å². The minimum absolute atomic E-state index is 0.0687. The molecule has 6 nitrogen and oxygen atoms in total. The number of aliphatic hydroxyl groups is 1. The Labute approximate surface area is 125 Å². The van der Waals surface area contributed by atoms with Crippen molar-refractivity contribution in [3.8, 4) is 0 Å². The lowest BCUT2D eigenvalue weighted by Gasteiger charge is -2.11. The highest BCUT2D eigenvalue weighted by atomic mass is 32.1. The van der Waals surface area contributed by atoms with Gasteiger partial charge in [0.15, 0.2) is 0 Å². The van der Waals surface area contributed by atoms with E-state index in [0.717, 1.165) is 10.4 Å². The molecule has 0 radical (unpaired) electrons. The first-order valence-electron chi connectivity index (χ1n) is 6.23. The molecule has 1 atom stereocenters. The molecule has 0 saturated carbocycles. The summed E-state index contributed by atoms with van der Waals surface area (Å²) in [6.07, 6.45) is -0.757. The first kappa shape index (κ1) is 15.1. The van der Waals surface area contributed by atoms with Crippen LogP contribution in [0.1, 0.15) is 26.9 Å². The summed E-state index contributed by atoms with van der Waals surface area (Å²) >= 11 is 1.43. The minimum Gasteiger partial charge on any atom is -0.386 e. The van der Waals surface area contributed by atoms with Crippen molar-refractivity contribution in [2.24, 2.45) is 0 Å². The van der Waals surface area contributed by atoms with Crippen LogP contribution in [0.5, 0.6) is 0 Å². The number of nitrogens with zero attached hydrogens (tertiary/aromatic N) is 1. The molecule has 2 N–H and O–H groups in total. The first-order chi connectivity index (χ1) is 9.99. The number of rotatable bonds is 5. The van der Waals surface area contributed by atoms with Crippen LogP contribution in [0.4, 0.5) is 5.69 Å². The van der Waals surface area contributed by atoms with Gasteiger partial charge >= 0.3 is 0 Å². The third-order valence-corrected chi connectivity index (χ3v) is 4.12. The predicted molar refractivity (Wildman–Crippen MR) is 79.4 cm³/mol. The molecular weight excluding hydrogens is 292 g/mol. The van der Waals surface area contributed by atoms with E-state index in [1.54, 1.807) is 0 Å². The number of benzene rings is 1. The molecule has 1 unspecified atom stereocenters. The maximum absolute atomic E-state index is 11.9. The molecule has 0 bridgehead atoms. The van der Waals surface area contributed by atoms with Crippen LogP contribution in [0.2, 0.25) is 0 Å². The van der Waals surface area contributed by atoms with Crippen molar-refractivity contribution in [1.29, 1.82) is 0 Å². The van der Waals surface area contributed by atoms with Crippen LogP contribution in [0, 0.1) is 17.0 Å². The Morgan fingerprint density at radius 2 is 2.05 bits per heavy atom. The molecule has 0 aliphatic rings.